The molecule has 0 N–H and O–H groups in total. The lowest BCUT2D eigenvalue weighted by atomic mass is 10.0. The maximum absolute atomic E-state index is 2.42. The normalized spacial score (nSPS) is 12.3. The van der Waals surface area contributed by atoms with Crippen molar-refractivity contribution in [1.29, 1.82) is 0 Å². The van der Waals surface area contributed by atoms with Crippen molar-refractivity contribution in [2.75, 3.05) is 14.1 Å². The molecule has 210 valence electrons. The van der Waals surface area contributed by atoms with Crippen LogP contribution in [0.3, 0.4) is 0 Å². The molecule has 0 saturated heterocycles. The lowest BCUT2D eigenvalue weighted by Gasteiger charge is -2.34. The average Bonchev–Trinajstić information content (AvgIpc) is 3.70. The summed E-state index contributed by atoms with van der Waals surface area (Å²) in [6.07, 6.45) is 2.11. The van der Waals surface area contributed by atoms with Crippen LogP contribution in [0.5, 0.6) is 0 Å². The lowest BCUT2D eigenvalue weighted by Crippen LogP contribution is -2.28. The van der Waals surface area contributed by atoms with Crippen LogP contribution in [-0.4, -0.2) is 19.0 Å². The Morgan fingerprint density at radius 1 is 0.595 bits per heavy atom. The lowest BCUT2D eigenvalue weighted by molar-refractivity contribution is 0.286. The van der Waals surface area contributed by atoms with E-state index in [-0.39, 0.29) is 0 Å². The second kappa shape index (κ2) is 13.6. The van der Waals surface area contributed by atoms with E-state index in [1.165, 1.54) is 43.0 Å². The van der Waals surface area contributed by atoms with E-state index >= 15 is 0 Å². The molecule has 0 bridgehead atoms. The third kappa shape index (κ3) is 6.25. The van der Waals surface area contributed by atoms with Gasteiger partial charge in [0.05, 0.1) is 0 Å². The van der Waals surface area contributed by atoms with E-state index in [4.69, 9.17) is 0 Å². The van der Waals surface area contributed by atoms with Crippen LogP contribution < -0.4 is 31.8 Å². The first-order chi connectivity index (χ1) is 20.7. The van der Waals surface area contributed by atoms with Crippen LogP contribution in [0.4, 0.5) is 0 Å². The van der Waals surface area contributed by atoms with Gasteiger partial charge in [-0.15, -0.1) is 16.2 Å². The molecule has 42 heavy (non-hydrogen) atoms. The smallest absolute Gasteiger partial charge is 0.0142 e. The van der Waals surface area contributed by atoms with Crippen LogP contribution in [0.1, 0.15) is 23.6 Å². The SMILES string of the molecule is CN(C)[C@@H](CC[c-]1cccc1P(c1ccccc1)c1ccccc1)c1cc[cH-]c1P(c1ccccc1)c1ccccc1. The number of nitrogens with zero attached hydrogens (tertiary/aromatic N) is 1. The summed E-state index contributed by atoms with van der Waals surface area (Å²) in [5.74, 6) is 0. The van der Waals surface area contributed by atoms with Gasteiger partial charge >= 0.3 is 0 Å². The molecule has 1 nitrogen and oxygen atoms in total. The molecule has 0 spiro atoms. The molecule has 0 aromatic heterocycles. The highest BCUT2D eigenvalue weighted by atomic mass is 31.1. The Morgan fingerprint density at radius 2 is 1.07 bits per heavy atom. The summed E-state index contributed by atoms with van der Waals surface area (Å²) in [5.41, 5.74) is 2.93. The molecule has 0 aliphatic carbocycles. The predicted molar refractivity (Wildman–Crippen MR) is 186 cm³/mol. The molecule has 0 heterocycles. The Hall–Kier alpha value is -3.60. The van der Waals surface area contributed by atoms with E-state index in [0.717, 1.165) is 12.8 Å². The van der Waals surface area contributed by atoms with Gasteiger partial charge in [-0.2, -0.15) is 23.8 Å². The second-order valence-corrected chi connectivity index (χ2v) is 15.2. The molecule has 6 rings (SSSR count). The van der Waals surface area contributed by atoms with E-state index in [1.54, 1.807) is 0 Å². The Bertz CT molecular complexity index is 1570. The van der Waals surface area contributed by atoms with Gasteiger partial charge in [-0.1, -0.05) is 134 Å². The molecular weight excluding hydrogens is 544 g/mol. The Morgan fingerprint density at radius 3 is 1.55 bits per heavy atom. The third-order valence-corrected chi connectivity index (χ3v) is 13.0. The minimum atomic E-state index is -0.643. The fourth-order valence-electron chi connectivity index (χ4n) is 5.93. The van der Waals surface area contributed by atoms with Crippen LogP contribution >= 0.6 is 15.8 Å². The van der Waals surface area contributed by atoms with E-state index in [0.29, 0.717) is 6.04 Å². The summed E-state index contributed by atoms with van der Waals surface area (Å²) < 4.78 is 0. The van der Waals surface area contributed by atoms with Crippen LogP contribution in [0.15, 0.2) is 158 Å². The topological polar surface area (TPSA) is 3.24 Å². The summed E-state index contributed by atoms with van der Waals surface area (Å²) in [5, 5.41) is 8.57. The zero-order valence-corrected chi connectivity index (χ0v) is 26.1. The van der Waals surface area contributed by atoms with Crippen LogP contribution in [0.25, 0.3) is 0 Å². The van der Waals surface area contributed by atoms with E-state index in [1.807, 2.05) is 0 Å². The largest absolute Gasteiger partial charge is 0.314 e. The zero-order chi connectivity index (χ0) is 28.7. The Kier molecular flexibility index (Phi) is 9.22. The van der Waals surface area contributed by atoms with Crippen molar-refractivity contribution >= 4 is 47.7 Å². The summed E-state index contributed by atoms with van der Waals surface area (Å²) in [7, 11) is 3.22. The van der Waals surface area contributed by atoms with Gasteiger partial charge in [0, 0.05) is 0 Å². The first kappa shape index (κ1) is 28.5. The number of hydrogen-bond donors (Lipinski definition) is 0. The fourth-order valence-corrected chi connectivity index (χ4v) is 10.9. The fraction of sp³-hybridized carbons (Fsp3) is 0.128. The molecule has 0 radical (unpaired) electrons. The summed E-state index contributed by atoms with van der Waals surface area (Å²) >= 11 is 0. The van der Waals surface area contributed by atoms with Crippen molar-refractivity contribution < 1.29 is 0 Å². The molecule has 0 unspecified atom stereocenters. The van der Waals surface area contributed by atoms with Crippen molar-refractivity contribution in [3.05, 3.63) is 169 Å². The zero-order valence-electron chi connectivity index (χ0n) is 24.3. The number of benzene rings is 4. The molecule has 0 aliphatic rings. The van der Waals surface area contributed by atoms with E-state index in [9.17, 15) is 0 Å². The van der Waals surface area contributed by atoms with Gasteiger partial charge in [0.15, 0.2) is 0 Å². The standard InChI is InChI=1S/C39H37NP2/c1-40(2)37(36-26-16-28-39(36)42(34-22-11-5-12-23-34)35-24-13-6-14-25-35)30-29-31-17-15-27-38(31)41(32-18-7-3-8-19-32)33-20-9-4-10-21-33/h3-28,37H,29-30H2,1-2H3/q-2/t37-/m0/s1. The first-order valence-corrected chi connectivity index (χ1v) is 17.4. The highest BCUT2D eigenvalue weighted by Crippen LogP contribution is 2.39. The average molecular weight is 582 g/mol. The highest BCUT2D eigenvalue weighted by molar-refractivity contribution is 7.80. The number of aryl methyl sites for hydroxylation is 1. The maximum Gasteiger partial charge on any atom is -0.0142 e. The van der Waals surface area contributed by atoms with E-state index < -0.39 is 15.8 Å². The molecule has 0 amide bonds. The molecule has 6 aromatic rings. The molecule has 0 fully saturated rings. The number of rotatable bonds is 11. The monoisotopic (exact) mass is 581 g/mol. The Balaban J connectivity index is 1.33. The second-order valence-electron chi connectivity index (χ2n) is 10.8. The quantitative estimate of drug-likeness (QED) is 0.119. The van der Waals surface area contributed by atoms with Gasteiger partial charge in [0.25, 0.3) is 0 Å². The minimum absolute atomic E-state index is 0.329. The van der Waals surface area contributed by atoms with Crippen molar-refractivity contribution in [3.8, 4) is 0 Å². The predicted octanol–water partition coefficient (Wildman–Crippen LogP) is 6.88. The maximum atomic E-state index is 2.42. The van der Waals surface area contributed by atoms with Gasteiger partial charge < -0.3 is 4.90 Å². The van der Waals surface area contributed by atoms with Crippen LogP contribution in [0.2, 0.25) is 0 Å². The molecule has 3 heteroatoms. The van der Waals surface area contributed by atoms with Crippen molar-refractivity contribution in [3.63, 3.8) is 0 Å². The van der Waals surface area contributed by atoms with Gasteiger partial charge in [-0.05, 0) is 57.2 Å². The van der Waals surface area contributed by atoms with Gasteiger partial charge in [0.2, 0.25) is 0 Å². The van der Waals surface area contributed by atoms with Crippen LogP contribution in [-0.2, 0) is 6.42 Å². The minimum Gasteiger partial charge on any atom is -0.314 e. The Labute approximate surface area is 253 Å². The summed E-state index contributed by atoms with van der Waals surface area (Å²) in [4.78, 5) is 2.42. The van der Waals surface area contributed by atoms with Crippen molar-refractivity contribution in [1.82, 2.24) is 4.90 Å². The van der Waals surface area contributed by atoms with Gasteiger partial charge in [-0.25, -0.2) is 18.2 Å². The highest BCUT2D eigenvalue weighted by Gasteiger charge is 2.20. The molecule has 0 saturated carbocycles. The van der Waals surface area contributed by atoms with E-state index in [2.05, 4.69) is 177 Å². The summed E-state index contributed by atoms with van der Waals surface area (Å²) in [6.45, 7) is 0. The van der Waals surface area contributed by atoms with Crippen LogP contribution in [0, 0.1) is 0 Å². The van der Waals surface area contributed by atoms with Crippen molar-refractivity contribution in [2.45, 2.75) is 18.9 Å². The third-order valence-electron chi connectivity index (χ3n) is 7.91. The van der Waals surface area contributed by atoms with Gasteiger partial charge in [0.1, 0.15) is 0 Å². The number of hydrogen-bond acceptors (Lipinski definition) is 1. The molecule has 0 aliphatic heterocycles. The van der Waals surface area contributed by atoms with Gasteiger partial charge in [-0.3, -0.25) is 0 Å². The van der Waals surface area contributed by atoms with Crippen molar-refractivity contribution in [2.24, 2.45) is 0 Å². The molecular formula is C39H37NP2-2. The molecule has 1 atom stereocenters. The molecule has 6 aromatic carbocycles. The summed E-state index contributed by atoms with van der Waals surface area (Å²) in [6, 6.07) is 58.6. The first-order valence-electron chi connectivity index (χ1n) is 14.7.